The molecule has 25 heavy (non-hydrogen) atoms. The Morgan fingerprint density at radius 3 is 3.12 bits per heavy atom. The van der Waals surface area contributed by atoms with Gasteiger partial charge in [-0.05, 0) is 31.5 Å². The minimum absolute atomic E-state index is 0.121. The minimum atomic E-state index is 0.121. The molecule has 1 saturated heterocycles. The van der Waals surface area contributed by atoms with Gasteiger partial charge in [0.15, 0.2) is 5.65 Å². The summed E-state index contributed by atoms with van der Waals surface area (Å²) >= 11 is 1.62. The number of hydrogen-bond donors (Lipinski definition) is 1. The Labute approximate surface area is 150 Å². The van der Waals surface area contributed by atoms with Crippen LogP contribution in [-0.2, 0) is 6.54 Å². The van der Waals surface area contributed by atoms with Crippen LogP contribution in [0.25, 0.3) is 11.0 Å². The molecule has 3 aromatic rings. The Bertz CT molecular complexity index is 915. The van der Waals surface area contributed by atoms with E-state index in [9.17, 15) is 4.79 Å². The molecule has 0 spiro atoms. The van der Waals surface area contributed by atoms with Crippen LogP contribution >= 0.6 is 11.3 Å². The summed E-state index contributed by atoms with van der Waals surface area (Å²) < 4.78 is 1.89. The smallest absolute Gasteiger partial charge is 0.254 e. The predicted octanol–water partition coefficient (Wildman–Crippen LogP) is 2.39. The molecule has 1 fully saturated rings. The van der Waals surface area contributed by atoms with Gasteiger partial charge in [0, 0.05) is 47.4 Å². The van der Waals surface area contributed by atoms with Gasteiger partial charge in [-0.1, -0.05) is 0 Å². The highest BCUT2D eigenvalue weighted by atomic mass is 32.1. The van der Waals surface area contributed by atoms with Crippen molar-refractivity contribution in [1.29, 1.82) is 0 Å². The molecule has 1 aliphatic rings. The van der Waals surface area contributed by atoms with Gasteiger partial charge in [-0.3, -0.25) is 4.79 Å². The normalized spacial score (nSPS) is 17.5. The van der Waals surface area contributed by atoms with E-state index in [2.05, 4.69) is 11.1 Å². The van der Waals surface area contributed by atoms with E-state index < -0.39 is 0 Å². The van der Waals surface area contributed by atoms with E-state index in [1.165, 1.54) is 0 Å². The highest BCUT2D eigenvalue weighted by molar-refractivity contribution is 7.10. The number of likely N-dealkylation sites (tertiary alicyclic amines) is 1. The maximum Gasteiger partial charge on any atom is 0.254 e. The second-order valence-electron chi connectivity index (χ2n) is 6.45. The third-order valence-corrected chi connectivity index (χ3v) is 5.58. The first-order valence-corrected chi connectivity index (χ1v) is 9.41. The van der Waals surface area contributed by atoms with Crippen LogP contribution in [0.2, 0.25) is 0 Å². The van der Waals surface area contributed by atoms with Gasteiger partial charge < -0.3 is 10.6 Å². The number of hydrogen-bond acceptors (Lipinski definition) is 5. The molecule has 1 atom stereocenters. The van der Waals surface area contributed by atoms with E-state index in [0.29, 0.717) is 19.6 Å². The lowest BCUT2D eigenvalue weighted by Crippen LogP contribution is -2.28. The van der Waals surface area contributed by atoms with Crippen LogP contribution in [-0.4, -0.2) is 45.2 Å². The molecule has 7 heteroatoms. The molecular formula is C18H21N5OS. The third-order valence-electron chi connectivity index (χ3n) is 4.72. The van der Waals surface area contributed by atoms with E-state index in [4.69, 9.17) is 10.8 Å². The van der Waals surface area contributed by atoms with Gasteiger partial charge in [0.2, 0.25) is 0 Å². The molecule has 6 nitrogen and oxygen atoms in total. The van der Waals surface area contributed by atoms with Gasteiger partial charge in [-0.2, -0.15) is 5.10 Å². The molecule has 4 heterocycles. The summed E-state index contributed by atoms with van der Waals surface area (Å²) in [5.41, 5.74) is 8.41. The lowest BCUT2D eigenvalue weighted by Gasteiger charge is -2.15. The molecule has 2 N–H and O–H groups in total. The Morgan fingerprint density at radius 1 is 1.48 bits per heavy atom. The Balaban J connectivity index is 1.59. The summed E-state index contributed by atoms with van der Waals surface area (Å²) in [6.07, 6.45) is 2.71. The van der Waals surface area contributed by atoms with Crippen LogP contribution < -0.4 is 5.73 Å². The van der Waals surface area contributed by atoms with Gasteiger partial charge in [-0.25, -0.2) is 9.67 Å². The van der Waals surface area contributed by atoms with Crippen LogP contribution in [0.1, 0.15) is 33.3 Å². The first kappa shape index (κ1) is 16.2. The average Bonchev–Trinajstić information content (AvgIpc) is 3.33. The number of fused-ring (bicyclic) bond motifs is 1. The number of nitrogens with zero attached hydrogens (tertiary/aromatic N) is 4. The number of carbonyl (C=O) groups is 1. The van der Waals surface area contributed by atoms with Crippen LogP contribution in [0.5, 0.6) is 0 Å². The van der Waals surface area contributed by atoms with Crippen molar-refractivity contribution in [2.24, 2.45) is 5.73 Å². The average molecular weight is 355 g/mol. The molecule has 0 aromatic carbocycles. The van der Waals surface area contributed by atoms with E-state index >= 15 is 0 Å². The maximum atomic E-state index is 12.7. The van der Waals surface area contributed by atoms with E-state index in [0.717, 1.165) is 40.1 Å². The number of pyridine rings is 1. The number of nitrogens with two attached hydrogens (primary N) is 1. The first-order chi connectivity index (χ1) is 12.2. The van der Waals surface area contributed by atoms with Crippen molar-refractivity contribution in [3.63, 3.8) is 0 Å². The fourth-order valence-electron chi connectivity index (χ4n) is 3.52. The highest BCUT2D eigenvalue weighted by Crippen LogP contribution is 2.32. The summed E-state index contributed by atoms with van der Waals surface area (Å²) in [6, 6.07) is 5.96. The van der Waals surface area contributed by atoms with Crippen molar-refractivity contribution in [2.45, 2.75) is 25.8 Å². The van der Waals surface area contributed by atoms with Crippen molar-refractivity contribution < 1.29 is 4.79 Å². The zero-order valence-corrected chi connectivity index (χ0v) is 15.0. The monoisotopic (exact) mass is 355 g/mol. The zero-order valence-electron chi connectivity index (χ0n) is 14.2. The topological polar surface area (TPSA) is 77.0 Å². The van der Waals surface area contributed by atoms with Crippen LogP contribution in [0.3, 0.4) is 0 Å². The van der Waals surface area contributed by atoms with E-state index in [1.54, 1.807) is 17.5 Å². The van der Waals surface area contributed by atoms with Gasteiger partial charge in [0.25, 0.3) is 5.91 Å². The second kappa shape index (κ2) is 6.57. The van der Waals surface area contributed by atoms with Crippen molar-refractivity contribution in [3.8, 4) is 0 Å². The van der Waals surface area contributed by atoms with E-state index in [1.807, 2.05) is 34.0 Å². The van der Waals surface area contributed by atoms with Gasteiger partial charge in [0.05, 0.1) is 17.8 Å². The zero-order chi connectivity index (χ0) is 17.4. The van der Waals surface area contributed by atoms with Gasteiger partial charge in [-0.15, -0.1) is 11.3 Å². The fourth-order valence-corrected chi connectivity index (χ4v) is 4.20. The van der Waals surface area contributed by atoms with Crippen molar-refractivity contribution in [1.82, 2.24) is 19.7 Å². The molecule has 1 amide bonds. The fraction of sp³-hybridized carbons (Fsp3) is 0.389. The number of aromatic nitrogens is 3. The van der Waals surface area contributed by atoms with Crippen molar-refractivity contribution in [3.05, 3.63) is 45.9 Å². The lowest BCUT2D eigenvalue weighted by molar-refractivity contribution is 0.0791. The molecule has 0 aliphatic carbocycles. The molecule has 4 rings (SSSR count). The number of carbonyl (C=O) groups excluding carboxylic acids is 1. The molecule has 1 aliphatic heterocycles. The first-order valence-electron chi connectivity index (χ1n) is 8.53. The predicted molar refractivity (Wildman–Crippen MR) is 98.9 cm³/mol. The highest BCUT2D eigenvalue weighted by Gasteiger charge is 2.31. The summed E-state index contributed by atoms with van der Waals surface area (Å²) in [4.78, 5) is 20.3. The summed E-state index contributed by atoms with van der Waals surface area (Å²) in [5.74, 6) is 0.366. The number of amides is 1. The third kappa shape index (κ3) is 2.94. The number of aryl methyl sites for hydroxylation is 1. The summed E-state index contributed by atoms with van der Waals surface area (Å²) in [5, 5.41) is 7.79. The minimum Gasteiger partial charge on any atom is -0.338 e. The molecule has 3 aromatic heterocycles. The van der Waals surface area contributed by atoms with Crippen LogP contribution in [0.4, 0.5) is 0 Å². The van der Waals surface area contributed by atoms with Gasteiger partial charge >= 0.3 is 0 Å². The molecule has 130 valence electrons. The molecule has 0 radical (unpaired) electrons. The largest absolute Gasteiger partial charge is 0.338 e. The van der Waals surface area contributed by atoms with E-state index in [-0.39, 0.29) is 11.8 Å². The molecular weight excluding hydrogens is 334 g/mol. The quantitative estimate of drug-likeness (QED) is 0.779. The summed E-state index contributed by atoms with van der Waals surface area (Å²) in [6.45, 7) is 4.68. The Hall–Kier alpha value is -2.25. The van der Waals surface area contributed by atoms with Crippen LogP contribution in [0, 0.1) is 6.92 Å². The maximum absolute atomic E-state index is 12.7. The standard InChI is InChI=1S/C18H21N5OS/c1-12-9-14(11-25-12)18(24)22-7-4-13(10-22)16-15-3-2-6-20-17(15)23(21-16)8-5-19/h2-3,6,9,11,13H,4-5,7-8,10,19H2,1H3/t13-/m0/s1. The summed E-state index contributed by atoms with van der Waals surface area (Å²) in [7, 11) is 0. The Morgan fingerprint density at radius 2 is 2.36 bits per heavy atom. The van der Waals surface area contributed by atoms with Gasteiger partial charge in [0.1, 0.15) is 0 Å². The molecule has 0 bridgehead atoms. The Kier molecular flexibility index (Phi) is 4.27. The molecule has 0 saturated carbocycles. The van der Waals surface area contributed by atoms with Crippen LogP contribution in [0.15, 0.2) is 29.8 Å². The lowest BCUT2D eigenvalue weighted by atomic mass is 10.0. The van der Waals surface area contributed by atoms with Crippen molar-refractivity contribution >= 4 is 28.3 Å². The van der Waals surface area contributed by atoms with Crippen molar-refractivity contribution in [2.75, 3.05) is 19.6 Å². The molecule has 0 unspecified atom stereocenters. The number of thiophene rings is 1. The SMILES string of the molecule is Cc1cc(C(=O)N2CC[C@H](c3nn(CCN)c4ncccc34)C2)cs1. The number of rotatable bonds is 4. The second-order valence-corrected chi connectivity index (χ2v) is 7.57.